The Morgan fingerprint density at radius 3 is 2.81 bits per heavy atom. The van der Waals surface area contributed by atoms with Crippen molar-refractivity contribution in [3.05, 3.63) is 83.7 Å². The topological polar surface area (TPSA) is 50.8 Å². The molecule has 4 rings (SSSR count). The number of carbonyl (C=O) groups is 1. The second-order valence-electron chi connectivity index (χ2n) is 8.07. The molecule has 2 aliphatic heterocycles. The fourth-order valence-corrected chi connectivity index (χ4v) is 4.62. The third-order valence-electron chi connectivity index (χ3n) is 6.23. The lowest BCUT2D eigenvalue weighted by molar-refractivity contribution is -0.157. The van der Waals surface area contributed by atoms with Crippen LogP contribution in [0.15, 0.2) is 61.2 Å². The Morgan fingerprint density at radius 2 is 2.06 bits per heavy atom. The second-order valence-corrected chi connectivity index (χ2v) is 8.07. The highest BCUT2D eigenvalue weighted by atomic mass is 19.1. The Kier molecular flexibility index (Phi) is 6.80. The van der Waals surface area contributed by atoms with E-state index in [0.29, 0.717) is 26.1 Å². The van der Waals surface area contributed by atoms with Crippen molar-refractivity contribution in [3.63, 3.8) is 0 Å². The van der Waals surface area contributed by atoms with E-state index < -0.39 is 6.10 Å². The van der Waals surface area contributed by atoms with Gasteiger partial charge in [-0.15, -0.1) is 6.58 Å². The van der Waals surface area contributed by atoms with Crippen molar-refractivity contribution < 1.29 is 18.7 Å². The summed E-state index contributed by atoms with van der Waals surface area (Å²) in [4.78, 5) is 15.6. The van der Waals surface area contributed by atoms with Crippen LogP contribution in [0.3, 0.4) is 0 Å². The number of benzene rings is 2. The van der Waals surface area contributed by atoms with Gasteiger partial charge in [-0.2, -0.15) is 0 Å². The van der Waals surface area contributed by atoms with E-state index >= 15 is 0 Å². The molecule has 2 aromatic carbocycles. The number of carbonyl (C=O) groups excluding carboxylic acids is 1. The van der Waals surface area contributed by atoms with Crippen LogP contribution in [0.4, 0.5) is 4.39 Å². The molecule has 1 amide bonds. The van der Waals surface area contributed by atoms with Gasteiger partial charge in [-0.1, -0.05) is 42.5 Å². The molecule has 0 aromatic heterocycles. The van der Waals surface area contributed by atoms with Gasteiger partial charge < -0.3 is 19.7 Å². The van der Waals surface area contributed by atoms with E-state index in [4.69, 9.17) is 9.47 Å². The van der Waals surface area contributed by atoms with Crippen molar-refractivity contribution >= 4 is 5.91 Å². The number of rotatable bonds is 6. The molecule has 0 bridgehead atoms. The van der Waals surface area contributed by atoms with Crippen molar-refractivity contribution in [2.75, 3.05) is 26.8 Å². The normalized spacial score (nSPS) is 25.7. The third kappa shape index (κ3) is 4.56. The van der Waals surface area contributed by atoms with Gasteiger partial charge in [0, 0.05) is 32.7 Å². The maximum Gasteiger partial charge on any atom is 0.252 e. The Labute approximate surface area is 182 Å². The highest BCUT2D eigenvalue weighted by Crippen LogP contribution is 2.36. The maximum absolute atomic E-state index is 13.7. The Balaban J connectivity index is 1.61. The molecule has 164 valence electrons. The minimum Gasteiger partial charge on any atom is -0.377 e. The van der Waals surface area contributed by atoms with Crippen LogP contribution >= 0.6 is 0 Å². The fraction of sp³-hybridized carbons (Fsp3) is 0.400. The predicted molar refractivity (Wildman–Crippen MR) is 117 cm³/mol. The van der Waals surface area contributed by atoms with Crippen molar-refractivity contribution in [1.82, 2.24) is 10.2 Å². The largest absolute Gasteiger partial charge is 0.377 e. The summed E-state index contributed by atoms with van der Waals surface area (Å²) in [6.45, 7) is 5.35. The number of nitrogens with zero attached hydrogens (tertiary/aromatic N) is 1. The summed E-state index contributed by atoms with van der Waals surface area (Å²) in [6.07, 6.45) is 2.44. The van der Waals surface area contributed by atoms with E-state index in [1.807, 2.05) is 17.0 Å². The molecule has 2 aliphatic rings. The Hall–Kier alpha value is -2.54. The van der Waals surface area contributed by atoms with Crippen molar-refractivity contribution in [3.8, 4) is 0 Å². The summed E-state index contributed by atoms with van der Waals surface area (Å²) in [5, 5.41) is 3.39. The van der Waals surface area contributed by atoms with E-state index in [0.717, 1.165) is 17.5 Å². The van der Waals surface area contributed by atoms with Crippen LogP contribution in [0, 0.1) is 5.82 Å². The highest BCUT2D eigenvalue weighted by Gasteiger charge is 2.40. The number of nitrogens with one attached hydrogen (secondary N) is 1. The van der Waals surface area contributed by atoms with Gasteiger partial charge in [-0.3, -0.25) is 4.79 Å². The van der Waals surface area contributed by atoms with E-state index in [-0.39, 0.29) is 29.9 Å². The summed E-state index contributed by atoms with van der Waals surface area (Å²) in [5.41, 5.74) is 3.20. The van der Waals surface area contributed by atoms with Crippen molar-refractivity contribution in [1.29, 1.82) is 0 Å². The summed E-state index contributed by atoms with van der Waals surface area (Å²) in [6, 6.07) is 14.3. The number of ether oxygens (including phenoxy) is 2. The van der Waals surface area contributed by atoms with Crippen LogP contribution in [0.5, 0.6) is 0 Å². The van der Waals surface area contributed by atoms with Crippen LogP contribution in [-0.2, 0) is 20.7 Å². The van der Waals surface area contributed by atoms with Gasteiger partial charge in [-0.25, -0.2) is 4.39 Å². The summed E-state index contributed by atoms with van der Waals surface area (Å²) < 4.78 is 25.1. The molecule has 1 saturated heterocycles. The average molecular weight is 425 g/mol. The van der Waals surface area contributed by atoms with Gasteiger partial charge >= 0.3 is 0 Å². The van der Waals surface area contributed by atoms with Gasteiger partial charge in [0.15, 0.2) is 0 Å². The first-order valence-corrected chi connectivity index (χ1v) is 10.7. The first-order valence-electron chi connectivity index (χ1n) is 10.7. The van der Waals surface area contributed by atoms with E-state index in [2.05, 4.69) is 24.0 Å². The van der Waals surface area contributed by atoms with Crippen molar-refractivity contribution in [2.45, 2.75) is 37.1 Å². The molecule has 0 saturated carbocycles. The standard InChI is InChI=1S/C25H29FN2O3/c1-3-13-27-21-15-22(31-16-23(21)30-2)25(29)28-14-12-17-6-4-5-7-20(17)24(28)18-8-10-19(26)11-9-18/h3-11,21-24,27H,1,12-16H2,2H3/t21-,22+,23-,24-/m0/s1. The van der Waals surface area contributed by atoms with E-state index in [1.165, 1.54) is 17.7 Å². The Bertz CT molecular complexity index is 917. The van der Waals surface area contributed by atoms with Crippen molar-refractivity contribution in [2.24, 2.45) is 0 Å². The minimum absolute atomic E-state index is 0.00653. The maximum atomic E-state index is 13.7. The van der Waals surface area contributed by atoms with Gasteiger partial charge in [0.1, 0.15) is 11.9 Å². The van der Waals surface area contributed by atoms with Crippen LogP contribution in [0.25, 0.3) is 0 Å². The third-order valence-corrected chi connectivity index (χ3v) is 6.23. The molecule has 2 heterocycles. The zero-order chi connectivity index (χ0) is 21.8. The van der Waals surface area contributed by atoms with E-state index in [1.54, 1.807) is 25.3 Å². The summed E-state index contributed by atoms with van der Waals surface area (Å²) in [5.74, 6) is -0.327. The lowest BCUT2D eigenvalue weighted by atomic mass is 9.87. The van der Waals surface area contributed by atoms with Crippen LogP contribution in [0.1, 0.15) is 29.2 Å². The molecule has 0 unspecified atom stereocenters. The number of hydrogen-bond acceptors (Lipinski definition) is 4. The molecule has 5 nitrogen and oxygen atoms in total. The lowest BCUT2D eigenvalue weighted by Crippen LogP contribution is -2.55. The average Bonchev–Trinajstić information content (AvgIpc) is 2.82. The zero-order valence-corrected chi connectivity index (χ0v) is 17.8. The summed E-state index contributed by atoms with van der Waals surface area (Å²) in [7, 11) is 1.66. The quantitative estimate of drug-likeness (QED) is 0.724. The molecule has 0 spiro atoms. The number of amides is 1. The lowest BCUT2D eigenvalue weighted by Gasteiger charge is -2.42. The van der Waals surface area contributed by atoms with E-state index in [9.17, 15) is 9.18 Å². The number of methoxy groups -OCH3 is 1. The first-order chi connectivity index (χ1) is 15.1. The second kappa shape index (κ2) is 9.73. The minimum atomic E-state index is -0.554. The molecule has 0 aliphatic carbocycles. The number of hydrogen-bond donors (Lipinski definition) is 1. The molecule has 31 heavy (non-hydrogen) atoms. The molecule has 0 radical (unpaired) electrons. The summed E-state index contributed by atoms with van der Waals surface area (Å²) >= 11 is 0. The fourth-order valence-electron chi connectivity index (χ4n) is 4.62. The molecular weight excluding hydrogens is 395 g/mol. The molecule has 4 atom stereocenters. The van der Waals surface area contributed by atoms with Gasteiger partial charge in [0.2, 0.25) is 0 Å². The number of fused-ring (bicyclic) bond motifs is 1. The SMILES string of the molecule is C=CCN[C@H]1C[C@H](C(=O)N2CCc3ccccc3[C@@H]2c2ccc(F)cc2)OC[C@@H]1OC. The molecular formula is C25H29FN2O3. The smallest absolute Gasteiger partial charge is 0.252 e. The van der Waals surface area contributed by atoms with Crippen LogP contribution < -0.4 is 5.32 Å². The van der Waals surface area contributed by atoms with Gasteiger partial charge in [0.25, 0.3) is 5.91 Å². The number of halogens is 1. The predicted octanol–water partition coefficient (Wildman–Crippen LogP) is 3.25. The van der Waals surface area contributed by atoms with Gasteiger partial charge in [-0.05, 0) is 35.2 Å². The van der Waals surface area contributed by atoms with Gasteiger partial charge in [0.05, 0.1) is 18.8 Å². The van der Waals surface area contributed by atoms with Crippen LogP contribution in [-0.4, -0.2) is 55.9 Å². The molecule has 1 N–H and O–H groups in total. The zero-order valence-electron chi connectivity index (χ0n) is 17.8. The molecule has 2 aromatic rings. The van der Waals surface area contributed by atoms with Crippen LogP contribution in [0.2, 0.25) is 0 Å². The first kappa shape index (κ1) is 21.7. The monoisotopic (exact) mass is 424 g/mol. The molecule has 6 heteroatoms. The highest BCUT2D eigenvalue weighted by molar-refractivity contribution is 5.82. The Morgan fingerprint density at radius 1 is 1.29 bits per heavy atom. The molecule has 1 fully saturated rings.